The molecule has 0 radical (unpaired) electrons. The van der Waals surface area contributed by atoms with E-state index < -0.39 is 16.5 Å². The van der Waals surface area contributed by atoms with Crippen molar-refractivity contribution in [2.24, 2.45) is 5.92 Å². The van der Waals surface area contributed by atoms with Gasteiger partial charge in [-0.15, -0.1) is 6.58 Å². The Kier molecular flexibility index (Phi) is 6.81. The predicted molar refractivity (Wildman–Crippen MR) is 117 cm³/mol. The zero-order valence-electron chi connectivity index (χ0n) is 16.9. The standard InChI is InChI=1S/C24H29NOS/c1-7-21(18-17-20-15-13-19(2)14-16-20)24(6,22-11-9-8-10-12-22)25-27(26)23(3,4)5/h7-16,21,25H,1H2,2-6H3/t21-,24+,27?/m1/s1. The van der Waals surface area contributed by atoms with Crippen LogP contribution < -0.4 is 4.72 Å². The van der Waals surface area contributed by atoms with Crippen LogP contribution >= 0.6 is 0 Å². The van der Waals surface area contributed by atoms with Crippen LogP contribution in [0.2, 0.25) is 0 Å². The molecule has 0 aliphatic rings. The molecule has 0 saturated carbocycles. The third kappa shape index (κ3) is 5.42. The number of rotatable bonds is 5. The van der Waals surface area contributed by atoms with Crippen molar-refractivity contribution in [1.29, 1.82) is 0 Å². The Morgan fingerprint density at radius 2 is 1.63 bits per heavy atom. The van der Waals surface area contributed by atoms with Gasteiger partial charge in [0, 0.05) is 5.56 Å². The van der Waals surface area contributed by atoms with E-state index in [2.05, 4.69) is 42.2 Å². The molecule has 0 amide bonds. The van der Waals surface area contributed by atoms with Crippen LogP contribution in [0.25, 0.3) is 0 Å². The first-order valence-corrected chi connectivity index (χ1v) is 10.3. The zero-order chi connectivity index (χ0) is 20.1. The second kappa shape index (κ2) is 8.69. The minimum Gasteiger partial charge on any atom is -0.242 e. The van der Waals surface area contributed by atoms with Gasteiger partial charge in [-0.2, -0.15) is 0 Å². The Balaban J connectivity index is 2.46. The van der Waals surface area contributed by atoms with Crippen molar-refractivity contribution >= 4 is 11.0 Å². The maximum absolute atomic E-state index is 12.9. The highest BCUT2D eigenvalue weighted by molar-refractivity contribution is 7.84. The molecular weight excluding hydrogens is 350 g/mol. The van der Waals surface area contributed by atoms with E-state index in [9.17, 15) is 4.21 Å². The van der Waals surface area contributed by atoms with Crippen LogP contribution in [0.4, 0.5) is 0 Å². The van der Waals surface area contributed by atoms with Crippen molar-refractivity contribution in [2.45, 2.75) is 44.9 Å². The molecule has 0 spiro atoms. The lowest BCUT2D eigenvalue weighted by atomic mass is 9.80. The summed E-state index contributed by atoms with van der Waals surface area (Å²) >= 11 is 0. The molecule has 3 heteroatoms. The number of benzene rings is 2. The van der Waals surface area contributed by atoms with E-state index in [-0.39, 0.29) is 10.7 Å². The van der Waals surface area contributed by atoms with Gasteiger partial charge in [0.1, 0.15) is 0 Å². The highest BCUT2D eigenvalue weighted by Gasteiger charge is 2.37. The van der Waals surface area contributed by atoms with Gasteiger partial charge in [-0.25, -0.2) is 8.93 Å². The number of aryl methyl sites for hydroxylation is 1. The summed E-state index contributed by atoms with van der Waals surface area (Å²) in [6.07, 6.45) is 1.83. The van der Waals surface area contributed by atoms with E-state index in [4.69, 9.17) is 0 Å². The van der Waals surface area contributed by atoms with Crippen LogP contribution in [0, 0.1) is 24.7 Å². The first kappa shape index (κ1) is 21.2. The molecule has 142 valence electrons. The fourth-order valence-electron chi connectivity index (χ4n) is 2.67. The summed E-state index contributed by atoms with van der Waals surface area (Å²) in [5.41, 5.74) is 2.57. The molecule has 3 atom stereocenters. The lowest BCUT2D eigenvalue weighted by Crippen LogP contribution is -2.49. The Bertz CT molecular complexity index is 853. The molecule has 2 aromatic rings. The Hall–Kier alpha value is -2.15. The molecule has 0 aromatic heterocycles. The number of hydrogen-bond donors (Lipinski definition) is 1. The van der Waals surface area contributed by atoms with Crippen LogP contribution in [0.15, 0.2) is 67.3 Å². The van der Waals surface area contributed by atoms with Crippen LogP contribution in [-0.4, -0.2) is 8.96 Å². The molecule has 0 fully saturated rings. The van der Waals surface area contributed by atoms with Gasteiger partial charge in [0.2, 0.25) is 0 Å². The van der Waals surface area contributed by atoms with E-state index in [0.29, 0.717) is 0 Å². The molecule has 1 unspecified atom stereocenters. The summed E-state index contributed by atoms with van der Waals surface area (Å²) in [7, 11) is -1.25. The summed E-state index contributed by atoms with van der Waals surface area (Å²) < 4.78 is 15.9. The predicted octanol–water partition coefficient (Wildman–Crippen LogP) is 5.12. The number of hydrogen-bond acceptors (Lipinski definition) is 1. The maximum Gasteiger partial charge on any atom is 0.0979 e. The van der Waals surface area contributed by atoms with E-state index in [1.54, 1.807) is 0 Å². The molecule has 0 heterocycles. The van der Waals surface area contributed by atoms with Crippen LogP contribution in [0.3, 0.4) is 0 Å². The molecule has 2 rings (SSSR count). The molecule has 2 aromatic carbocycles. The zero-order valence-corrected chi connectivity index (χ0v) is 17.7. The lowest BCUT2D eigenvalue weighted by molar-refractivity contribution is 0.385. The average molecular weight is 380 g/mol. The van der Waals surface area contributed by atoms with Gasteiger partial charge in [0.25, 0.3) is 0 Å². The van der Waals surface area contributed by atoms with E-state index in [0.717, 1.165) is 11.1 Å². The first-order chi connectivity index (χ1) is 12.7. The summed E-state index contributed by atoms with van der Waals surface area (Å²) in [6.45, 7) is 14.0. The van der Waals surface area contributed by atoms with Crippen molar-refractivity contribution in [2.75, 3.05) is 0 Å². The Morgan fingerprint density at radius 3 is 2.15 bits per heavy atom. The average Bonchev–Trinajstić information content (AvgIpc) is 2.63. The molecular formula is C24H29NOS. The van der Waals surface area contributed by atoms with Crippen molar-refractivity contribution in [3.63, 3.8) is 0 Å². The van der Waals surface area contributed by atoms with Crippen molar-refractivity contribution < 1.29 is 4.21 Å². The smallest absolute Gasteiger partial charge is 0.0979 e. The molecule has 27 heavy (non-hydrogen) atoms. The first-order valence-electron chi connectivity index (χ1n) is 9.13. The van der Waals surface area contributed by atoms with Gasteiger partial charge in [0.05, 0.1) is 27.2 Å². The summed E-state index contributed by atoms with van der Waals surface area (Å²) in [4.78, 5) is 0. The fraction of sp³-hybridized carbons (Fsp3) is 0.333. The molecule has 0 bridgehead atoms. The van der Waals surface area contributed by atoms with Gasteiger partial charge in [-0.1, -0.05) is 65.9 Å². The third-order valence-electron chi connectivity index (χ3n) is 4.52. The van der Waals surface area contributed by atoms with Gasteiger partial charge in [-0.3, -0.25) is 0 Å². The molecule has 0 aliphatic carbocycles. The highest BCUT2D eigenvalue weighted by atomic mass is 32.2. The van der Waals surface area contributed by atoms with E-state index in [1.165, 1.54) is 5.56 Å². The molecule has 0 saturated heterocycles. The van der Waals surface area contributed by atoms with Crippen LogP contribution in [-0.2, 0) is 16.5 Å². The monoisotopic (exact) mass is 379 g/mol. The van der Waals surface area contributed by atoms with Crippen molar-refractivity contribution in [3.05, 3.63) is 83.9 Å². The second-order valence-electron chi connectivity index (χ2n) is 7.90. The summed E-state index contributed by atoms with van der Waals surface area (Å²) in [5, 5.41) is 0. The largest absolute Gasteiger partial charge is 0.242 e. The highest BCUT2D eigenvalue weighted by Crippen LogP contribution is 2.32. The SMILES string of the molecule is C=C[C@H](C#Cc1ccc(C)cc1)[C@](C)(NS(=O)C(C)(C)C)c1ccccc1. The molecule has 1 N–H and O–H groups in total. The van der Waals surface area contributed by atoms with E-state index in [1.807, 2.05) is 76.2 Å². The minimum absolute atomic E-state index is 0.215. The van der Waals surface area contributed by atoms with Gasteiger partial charge >= 0.3 is 0 Å². The van der Waals surface area contributed by atoms with Gasteiger partial charge < -0.3 is 0 Å². The molecule has 0 aliphatic heterocycles. The Labute approximate surface area is 166 Å². The van der Waals surface area contributed by atoms with Crippen molar-refractivity contribution in [3.8, 4) is 11.8 Å². The lowest BCUT2D eigenvalue weighted by Gasteiger charge is -2.37. The fourth-order valence-corrected chi connectivity index (χ4v) is 3.61. The molecule has 2 nitrogen and oxygen atoms in total. The topological polar surface area (TPSA) is 29.1 Å². The second-order valence-corrected chi connectivity index (χ2v) is 9.87. The van der Waals surface area contributed by atoms with Crippen LogP contribution in [0.5, 0.6) is 0 Å². The summed E-state index contributed by atoms with van der Waals surface area (Å²) in [5.74, 6) is 6.37. The van der Waals surface area contributed by atoms with Crippen molar-refractivity contribution in [1.82, 2.24) is 4.72 Å². The van der Waals surface area contributed by atoms with Gasteiger partial charge in [0.15, 0.2) is 0 Å². The number of nitrogens with one attached hydrogen (secondary N) is 1. The van der Waals surface area contributed by atoms with Gasteiger partial charge in [-0.05, 0) is 52.3 Å². The van der Waals surface area contributed by atoms with E-state index >= 15 is 0 Å². The quantitative estimate of drug-likeness (QED) is 0.567. The third-order valence-corrected chi connectivity index (χ3v) is 6.24. The maximum atomic E-state index is 12.9. The minimum atomic E-state index is -1.25. The van der Waals surface area contributed by atoms with Crippen LogP contribution in [0.1, 0.15) is 44.4 Å². The Morgan fingerprint density at radius 1 is 1.04 bits per heavy atom. The summed E-state index contributed by atoms with van der Waals surface area (Å²) in [6, 6.07) is 18.2. The normalized spacial score (nSPS) is 15.7.